The molecule has 0 amide bonds. The summed E-state index contributed by atoms with van der Waals surface area (Å²) in [5, 5.41) is 17.6. The molecule has 0 bridgehead atoms. The lowest BCUT2D eigenvalue weighted by molar-refractivity contribution is -0.137. The molecule has 4 rings (SSSR count). The van der Waals surface area contributed by atoms with E-state index in [0.29, 0.717) is 36.3 Å². The molecule has 0 saturated carbocycles. The van der Waals surface area contributed by atoms with Gasteiger partial charge in [0.05, 0.1) is 13.2 Å². The van der Waals surface area contributed by atoms with Crippen molar-refractivity contribution in [3.63, 3.8) is 0 Å². The highest BCUT2D eigenvalue weighted by Crippen LogP contribution is 2.24. The number of esters is 1. The summed E-state index contributed by atoms with van der Waals surface area (Å²) in [6.45, 7) is 5.97. The maximum Gasteiger partial charge on any atom is 0.330 e. The van der Waals surface area contributed by atoms with Gasteiger partial charge in [-0.15, -0.1) is 0 Å². The maximum absolute atomic E-state index is 11.0. The van der Waals surface area contributed by atoms with Gasteiger partial charge >= 0.3 is 11.9 Å². The molecule has 2 N–H and O–H groups in total. The predicted octanol–water partition coefficient (Wildman–Crippen LogP) is 6.59. The molecule has 0 aliphatic rings. The minimum atomic E-state index is -1.01. The largest absolute Gasteiger partial charge is 0.489 e. The van der Waals surface area contributed by atoms with E-state index in [9.17, 15) is 9.59 Å². The minimum Gasteiger partial charge on any atom is -0.489 e. The second-order valence-electron chi connectivity index (χ2n) is 8.55. The van der Waals surface area contributed by atoms with Crippen LogP contribution >= 0.6 is 0 Å². The number of carbonyl (C=O) groups excluding carboxylic acids is 1. The molecular formula is C32H32O8. The summed E-state index contributed by atoms with van der Waals surface area (Å²) in [6.07, 6.45) is 5.28. The number of carbonyl (C=O) groups is 2. The summed E-state index contributed by atoms with van der Waals surface area (Å²) in [7, 11) is 0. The van der Waals surface area contributed by atoms with Crippen LogP contribution in [0.25, 0.3) is 23.3 Å². The van der Waals surface area contributed by atoms with Gasteiger partial charge in [-0.3, -0.25) is 0 Å². The maximum atomic E-state index is 11.0. The Labute approximate surface area is 232 Å². The minimum absolute atomic E-state index is 0.0669. The van der Waals surface area contributed by atoms with E-state index >= 15 is 0 Å². The van der Waals surface area contributed by atoms with E-state index in [4.69, 9.17) is 28.5 Å². The SMILES string of the molecule is CCOC(=O)/C=C/c1cc(CO)c(C)o1.Cc1oc(/C=C/C(=O)O)cc1COc1ccc(-c2ccccc2)cc1. The van der Waals surface area contributed by atoms with Gasteiger partial charge in [-0.1, -0.05) is 42.5 Å². The van der Waals surface area contributed by atoms with Crippen LogP contribution in [0.1, 0.15) is 41.1 Å². The first kappa shape index (κ1) is 29.7. The Hall–Kier alpha value is -4.82. The third-order valence-electron chi connectivity index (χ3n) is 5.67. The predicted molar refractivity (Wildman–Crippen MR) is 151 cm³/mol. The number of aryl methyl sites for hydroxylation is 2. The average Bonchev–Trinajstić information content (AvgIpc) is 3.51. The normalized spacial score (nSPS) is 10.9. The number of benzene rings is 2. The van der Waals surface area contributed by atoms with Crippen molar-refractivity contribution < 1.29 is 38.1 Å². The van der Waals surface area contributed by atoms with Crippen LogP contribution in [0.2, 0.25) is 0 Å². The van der Waals surface area contributed by atoms with Crippen LogP contribution in [0.3, 0.4) is 0 Å². The lowest BCUT2D eigenvalue weighted by Gasteiger charge is -2.07. The summed E-state index contributed by atoms with van der Waals surface area (Å²) in [5.41, 5.74) is 3.90. The van der Waals surface area contributed by atoms with E-state index in [-0.39, 0.29) is 6.61 Å². The molecule has 0 fully saturated rings. The first-order valence-corrected chi connectivity index (χ1v) is 12.6. The first-order valence-electron chi connectivity index (χ1n) is 12.6. The molecule has 0 radical (unpaired) electrons. The van der Waals surface area contributed by atoms with Crippen molar-refractivity contribution in [1.82, 2.24) is 0 Å². The Balaban J connectivity index is 0.000000252. The average molecular weight is 545 g/mol. The van der Waals surface area contributed by atoms with E-state index in [0.717, 1.165) is 34.1 Å². The van der Waals surface area contributed by atoms with Gasteiger partial charge in [0.1, 0.15) is 35.4 Å². The van der Waals surface area contributed by atoms with Gasteiger partial charge < -0.3 is 28.5 Å². The number of aliphatic hydroxyl groups is 1. The van der Waals surface area contributed by atoms with Gasteiger partial charge in [-0.25, -0.2) is 9.59 Å². The summed E-state index contributed by atoms with van der Waals surface area (Å²) in [4.78, 5) is 21.5. The van der Waals surface area contributed by atoms with E-state index in [2.05, 4.69) is 12.1 Å². The van der Waals surface area contributed by atoms with E-state index < -0.39 is 11.9 Å². The van der Waals surface area contributed by atoms with E-state index in [1.165, 1.54) is 18.2 Å². The van der Waals surface area contributed by atoms with Gasteiger partial charge in [0, 0.05) is 23.3 Å². The Bertz CT molecular complexity index is 1440. The molecule has 0 atom stereocenters. The van der Waals surface area contributed by atoms with Crippen LogP contribution in [0.4, 0.5) is 0 Å². The summed E-state index contributed by atoms with van der Waals surface area (Å²) in [5.74, 6) is 1.75. The fourth-order valence-electron chi connectivity index (χ4n) is 3.58. The molecule has 2 aromatic heterocycles. The molecule has 208 valence electrons. The Kier molecular flexibility index (Phi) is 11.1. The molecule has 8 heteroatoms. The monoisotopic (exact) mass is 544 g/mol. The highest BCUT2D eigenvalue weighted by molar-refractivity contribution is 5.86. The highest BCUT2D eigenvalue weighted by atomic mass is 16.5. The zero-order valence-corrected chi connectivity index (χ0v) is 22.6. The highest BCUT2D eigenvalue weighted by Gasteiger charge is 2.08. The summed E-state index contributed by atoms with van der Waals surface area (Å²) in [6, 6.07) is 21.5. The molecule has 2 aromatic carbocycles. The zero-order valence-electron chi connectivity index (χ0n) is 22.6. The summed E-state index contributed by atoms with van der Waals surface area (Å²) >= 11 is 0. The molecule has 0 unspecified atom stereocenters. The third-order valence-corrected chi connectivity index (χ3v) is 5.67. The number of hydrogen-bond acceptors (Lipinski definition) is 7. The van der Waals surface area contributed by atoms with Crippen molar-refractivity contribution in [2.75, 3.05) is 6.61 Å². The number of hydrogen-bond donors (Lipinski definition) is 2. The molecule has 0 spiro atoms. The van der Waals surface area contributed by atoms with E-state index in [1.807, 2.05) is 49.4 Å². The van der Waals surface area contributed by atoms with Crippen LogP contribution in [-0.2, 0) is 27.5 Å². The second-order valence-corrected chi connectivity index (χ2v) is 8.55. The number of rotatable bonds is 10. The number of furan rings is 2. The Morgan fingerprint density at radius 2 is 1.40 bits per heavy atom. The number of carboxylic acid groups (broad SMARTS) is 1. The van der Waals surface area contributed by atoms with Crippen molar-refractivity contribution in [2.45, 2.75) is 34.0 Å². The Morgan fingerprint density at radius 3 is 1.98 bits per heavy atom. The zero-order chi connectivity index (χ0) is 28.9. The van der Waals surface area contributed by atoms with Crippen LogP contribution in [0, 0.1) is 13.8 Å². The Morgan fingerprint density at radius 1 is 0.825 bits per heavy atom. The molecule has 0 aliphatic heterocycles. The van der Waals surface area contributed by atoms with Gasteiger partial charge in [-0.05, 0) is 68.3 Å². The van der Waals surface area contributed by atoms with Crippen molar-refractivity contribution in [3.8, 4) is 16.9 Å². The smallest absolute Gasteiger partial charge is 0.330 e. The fraction of sp³-hybridized carbons (Fsp3) is 0.188. The number of aliphatic hydroxyl groups excluding tert-OH is 1. The number of aliphatic carboxylic acids is 1. The van der Waals surface area contributed by atoms with Crippen molar-refractivity contribution in [1.29, 1.82) is 0 Å². The van der Waals surface area contributed by atoms with Gasteiger partial charge in [0.15, 0.2) is 0 Å². The first-order chi connectivity index (χ1) is 19.3. The molecular weight excluding hydrogens is 512 g/mol. The van der Waals surface area contributed by atoms with Gasteiger partial charge in [-0.2, -0.15) is 0 Å². The van der Waals surface area contributed by atoms with Crippen LogP contribution in [0.5, 0.6) is 5.75 Å². The second kappa shape index (κ2) is 14.9. The molecule has 0 aliphatic carbocycles. The third kappa shape index (κ3) is 9.18. The number of carboxylic acids is 1. The van der Waals surface area contributed by atoms with Crippen molar-refractivity contribution in [2.24, 2.45) is 0 Å². The fourth-order valence-corrected chi connectivity index (χ4v) is 3.58. The van der Waals surface area contributed by atoms with E-state index in [1.54, 1.807) is 26.0 Å². The van der Waals surface area contributed by atoms with Crippen LogP contribution in [-0.4, -0.2) is 28.8 Å². The molecule has 8 nitrogen and oxygen atoms in total. The van der Waals surface area contributed by atoms with Gasteiger partial charge in [0.2, 0.25) is 0 Å². The topological polar surface area (TPSA) is 119 Å². The molecule has 40 heavy (non-hydrogen) atoms. The number of ether oxygens (including phenoxy) is 2. The molecule has 0 saturated heterocycles. The summed E-state index contributed by atoms with van der Waals surface area (Å²) < 4.78 is 21.3. The quantitative estimate of drug-likeness (QED) is 0.170. The lowest BCUT2D eigenvalue weighted by Crippen LogP contribution is -1.98. The van der Waals surface area contributed by atoms with Crippen molar-refractivity contribution >= 4 is 24.1 Å². The standard InChI is InChI=1S/C21H18O4.C11H14O4/c1-15-18(13-20(25-15)11-12-21(22)23)14-24-19-9-7-17(8-10-19)16-5-3-2-4-6-16;1-3-14-11(13)5-4-10-6-9(7-12)8(2)15-10/h2-13H,14H2,1H3,(H,22,23);4-6,12H,3,7H2,1-2H3/b12-11+;5-4+. The van der Waals surface area contributed by atoms with Gasteiger partial charge in [0.25, 0.3) is 0 Å². The van der Waals surface area contributed by atoms with Crippen LogP contribution < -0.4 is 4.74 Å². The molecule has 4 aromatic rings. The van der Waals surface area contributed by atoms with Crippen molar-refractivity contribution in [3.05, 3.63) is 113 Å². The lowest BCUT2D eigenvalue weighted by atomic mass is 10.1. The van der Waals surface area contributed by atoms with Crippen LogP contribution in [0.15, 0.2) is 87.7 Å². The molecule has 2 heterocycles.